The summed E-state index contributed by atoms with van der Waals surface area (Å²) in [4.78, 5) is 13.5. The molecule has 0 aromatic carbocycles. The molecule has 1 saturated heterocycles. The fourth-order valence-electron chi connectivity index (χ4n) is 2.14. The minimum atomic E-state index is -0.176. The summed E-state index contributed by atoms with van der Waals surface area (Å²) in [5.74, 6) is -0.176. The number of nitrogens with one attached hydrogen (secondary N) is 1. The fourth-order valence-corrected chi connectivity index (χ4v) is 2.14. The van der Waals surface area contributed by atoms with Crippen LogP contribution in [0.5, 0.6) is 0 Å². The second-order valence-corrected chi connectivity index (χ2v) is 4.71. The van der Waals surface area contributed by atoms with Crippen LogP contribution in [-0.2, 0) is 9.53 Å². The van der Waals surface area contributed by atoms with Crippen molar-refractivity contribution in [2.75, 3.05) is 26.7 Å². The van der Waals surface area contributed by atoms with Crippen molar-refractivity contribution in [2.45, 2.75) is 45.2 Å². The van der Waals surface area contributed by atoms with E-state index in [-0.39, 0.29) is 5.97 Å². The molecule has 1 aliphatic heterocycles. The van der Waals surface area contributed by atoms with Crippen molar-refractivity contribution in [1.82, 2.24) is 10.2 Å². The molecule has 1 aliphatic rings. The molecule has 1 heterocycles. The first-order chi connectivity index (χ1) is 7.63. The monoisotopic (exact) mass is 228 g/mol. The molecule has 0 aliphatic carbocycles. The van der Waals surface area contributed by atoms with Crippen molar-refractivity contribution in [3.05, 3.63) is 0 Å². The normalized spacial score (nSPS) is 23.1. The lowest BCUT2D eigenvalue weighted by Gasteiger charge is -2.24. The van der Waals surface area contributed by atoms with Gasteiger partial charge in [0.15, 0.2) is 0 Å². The molecule has 1 N–H and O–H groups in total. The first-order valence-corrected chi connectivity index (χ1v) is 6.17. The van der Waals surface area contributed by atoms with E-state index in [1.54, 1.807) is 0 Å². The largest absolute Gasteiger partial charge is 0.468 e. The van der Waals surface area contributed by atoms with E-state index in [2.05, 4.69) is 28.8 Å². The van der Waals surface area contributed by atoms with Crippen molar-refractivity contribution in [1.29, 1.82) is 0 Å². The van der Waals surface area contributed by atoms with Crippen LogP contribution in [0.3, 0.4) is 0 Å². The van der Waals surface area contributed by atoms with Crippen molar-refractivity contribution in [2.24, 2.45) is 0 Å². The zero-order chi connectivity index (χ0) is 12.0. The average Bonchev–Trinajstić information content (AvgIpc) is 2.51. The number of esters is 1. The van der Waals surface area contributed by atoms with Crippen molar-refractivity contribution in [3.8, 4) is 0 Å². The minimum Gasteiger partial charge on any atom is -0.468 e. The van der Waals surface area contributed by atoms with Crippen LogP contribution in [0.4, 0.5) is 0 Å². The molecule has 4 nitrogen and oxygen atoms in total. The van der Waals surface area contributed by atoms with E-state index in [1.807, 2.05) is 0 Å². The van der Waals surface area contributed by atoms with Gasteiger partial charge in [-0.25, -0.2) is 0 Å². The van der Waals surface area contributed by atoms with E-state index in [9.17, 15) is 4.79 Å². The van der Waals surface area contributed by atoms with Crippen molar-refractivity contribution in [3.63, 3.8) is 0 Å². The summed E-state index contributed by atoms with van der Waals surface area (Å²) in [6.45, 7) is 7.11. The van der Waals surface area contributed by atoms with Crippen LogP contribution in [0.15, 0.2) is 0 Å². The Morgan fingerprint density at radius 3 is 2.81 bits per heavy atom. The second-order valence-electron chi connectivity index (χ2n) is 4.71. The van der Waals surface area contributed by atoms with Crippen LogP contribution in [0.2, 0.25) is 0 Å². The Balaban J connectivity index is 2.27. The number of rotatable bonds is 4. The van der Waals surface area contributed by atoms with Crippen LogP contribution in [0, 0.1) is 0 Å². The number of likely N-dealkylation sites (tertiary alicyclic amines) is 1. The summed E-state index contributed by atoms with van der Waals surface area (Å²) in [5, 5.41) is 3.27. The number of carbonyl (C=O) groups is 1. The number of nitrogens with zero attached hydrogens (tertiary/aromatic N) is 1. The van der Waals surface area contributed by atoms with Gasteiger partial charge in [0.1, 0.15) is 0 Å². The third kappa shape index (κ3) is 4.49. The van der Waals surface area contributed by atoms with Gasteiger partial charge in [-0.3, -0.25) is 4.79 Å². The van der Waals surface area contributed by atoms with Gasteiger partial charge in [-0.05, 0) is 46.2 Å². The summed E-state index contributed by atoms with van der Waals surface area (Å²) in [6.07, 6.45) is 3.48. The molecule has 1 rings (SSSR count). The van der Waals surface area contributed by atoms with Gasteiger partial charge in [0, 0.05) is 12.1 Å². The number of ether oxygens (including phenoxy) is 1. The SMILES string of the molecule is COC(=O)CNC1CCCN(C(C)C)CC1. The van der Waals surface area contributed by atoms with Gasteiger partial charge >= 0.3 is 5.97 Å². The molecule has 0 saturated carbocycles. The zero-order valence-corrected chi connectivity index (χ0v) is 10.7. The van der Waals surface area contributed by atoms with Gasteiger partial charge in [0.25, 0.3) is 0 Å². The topological polar surface area (TPSA) is 41.6 Å². The lowest BCUT2D eigenvalue weighted by molar-refractivity contribution is -0.139. The highest BCUT2D eigenvalue weighted by atomic mass is 16.5. The molecule has 1 unspecified atom stereocenters. The van der Waals surface area contributed by atoms with E-state index in [0.717, 1.165) is 19.4 Å². The summed E-state index contributed by atoms with van der Waals surface area (Å²) in [5.41, 5.74) is 0. The van der Waals surface area contributed by atoms with Crippen LogP contribution < -0.4 is 5.32 Å². The number of carbonyl (C=O) groups excluding carboxylic acids is 1. The highest BCUT2D eigenvalue weighted by Crippen LogP contribution is 2.13. The lowest BCUT2D eigenvalue weighted by atomic mass is 10.1. The molecule has 0 aromatic heterocycles. The maximum atomic E-state index is 11.0. The Labute approximate surface area is 98.3 Å². The van der Waals surface area contributed by atoms with Gasteiger partial charge in [-0.15, -0.1) is 0 Å². The number of hydrogen-bond donors (Lipinski definition) is 1. The quantitative estimate of drug-likeness (QED) is 0.729. The van der Waals surface area contributed by atoms with E-state index in [4.69, 9.17) is 0 Å². The lowest BCUT2D eigenvalue weighted by Crippen LogP contribution is -2.36. The van der Waals surface area contributed by atoms with Gasteiger partial charge in [-0.1, -0.05) is 0 Å². The zero-order valence-electron chi connectivity index (χ0n) is 10.7. The van der Waals surface area contributed by atoms with Gasteiger partial charge in [0.2, 0.25) is 0 Å². The maximum absolute atomic E-state index is 11.0. The molecule has 4 heteroatoms. The van der Waals surface area contributed by atoms with E-state index < -0.39 is 0 Å². The predicted molar refractivity (Wildman–Crippen MR) is 64.4 cm³/mol. The molecule has 1 atom stereocenters. The fraction of sp³-hybridized carbons (Fsp3) is 0.917. The van der Waals surface area contributed by atoms with Crippen LogP contribution >= 0.6 is 0 Å². The van der Waals surface area contributed by atoms with Gasteiger partial charge in [-0.2, -0.15) is 0 Å². The Morgan fingerprint density at radius 1 is 1.44 bits per heavy atom. The standard InChI is InChI=1S/C12H24N2O2/c1-10(2)14-7-4-5-11(6-8-14)13-9-12(15)16-3/h10-11,13H,4-9H2,1-3H3. The summed E-state index contributed by atoms with van der Waals surface area (Å²) in [6, 6.07) is 1.09. The molecule has 16 heavy (non-hydrogen) atoms. The van der Waals surface area contributed by atoms with Gasteiger partial charge < -0.3 is 15.0 Å². The first-order valence-electron chi connectivity index (χ1n) is 6.17. The Morgan fingerprint density at radius 2 is 2.19 bits per heavy atom. The molecule has 0 amide bonds. The molecular formula is C12H24N2O2. The molecule has 1 fully saturated rings. The summed E-state index contributed by atoms with van der Waals surface area (Å²) < 4.78 is 4.62. The van der Waals surface area contributed by atoms with Crippen molar-refractivity contribution >= 4 is 5.97 Å². The Kier molecular flexibility index (Phi) is 5.77. The molecule has 0 spiro atoms. The van der Waals surface area contributed by atoms with Crippen LogP contribution in [0.25, 0.3) is 0 Å². The third-order valence-electron chi connectivity index (χ3n) is 3.26. The van der Waals surface area contributed by atoms with E-state index in [1.165, 1.54) is 20.1 Å². The molecule has 0 aromatic rings. The van der Waals surface area contributed by atoms with Crippen LogP contribution in [-0.4, -0.2) is 49.7 Å². The minimum absolute atomic E-state index is 0.176. The summed E-state index contributed by atoms with van der Waals surface area (Å²) >= 11 is 0. The first kappa shape index (κ1) is 13.5. The third-order valence-corrected chi connectivity index (χ3v) is 3.26. The Hall–Kier alpha value is -0.610. The highest BCUT2D eigenvalue weighted by Gasteiger charge is 2.18. The van der Waals surface area contributed by atoms with E-state index >= 15 is 0 Å². The smallest absolute Gasteiger partial charge is 0.319 e. The molecule has 0 bridgehead atoms. The molecule has 94 valence electrons. The second kappa shape index (κ2) is 6.86. The maximum Gasteiger partial charge on any atom is 0.319 e. The molecular weight excluding hydrogens is 204 g/mol. The predicted octanol–water partition coefficient (Wildman–Crippen LogP) is 1.01. The average molecular weight is 228 g/mol. The summed E-state index contributed by atoms with van der Waals surface area (Å²) in [7, 11) is 1.43. The number of hydrogen-bond acceptors (Lipinski definition) is 4. The highest BCUT2D eigenvalue weighted by molar-refractivity contribution is 5.71. The molecule has 0 radical (unpaired) electrons. The Bertz CT molecular complexity index is 219. The number of methoxy groups -OCH3 is 1. The van der Waals surface area contributed by atoms with Crippen LogP contribution in [0.1, 0.15) is 33.1 Å². The van der Waals surface area contributed by atoms with Crippen molar-refractivity contribution < 1.29 is 9.53 Å². The van der Waals surface area contributed by atoms with E-state index in [0.29, 0.717) is 18.6 Å². The van der Waals surface area contributed by atoms with Gasteiger partial charge in [0.05, 0.1) is 13.7 Å².